The van der Waals surface area contributed by atoms with Gasteiger partial charge in [0, 0.05) is 31.0 Å². The van der Waals surface area contributed by atoms with Gasteiger partial charge in [-0.05, 0) is 22.9 Å². The van der Waals surface area contributed by atoms with Gasteiger partial charge in [0.05, 0.1) is 26.9 Å². The van der Waals surface area contributed by atoms with Crippen molar-refractivity contribution >= 4 is 25.0 Å². The second-order valence-corrected chi connectivity index (χ2v) is 14.4. The lowest BCUT2D eigenvalue weighted by atomic mass is 9.90. The summed E-state index contributed by atoms with van der Waals surface area (Å²) in [6.07, 6.45) is 0.330. The molecule has 1 aliphatic rings. The number of nitrogens with one attached hydrogen (secondary N) is 1. The van der Waals surface area contributed by atoms with Gasteiger partial charge in [-0.3, -0.25) is 14.4 Å². The highest BCUT2D eigenvalue weighted by molar-refractivity contribution is 6.88. The van der Waals surface area contributed by atoms with Crippen molar-refractivity contribution in [1.82, 2.24) is 15.0 Å². The van der Waals surface area contributed by atoms with E-state index in [1.54, 1.807) is 24.3 Å². The molecule has 0 aliphatic carbocycles. The van der Waals surface area contributed by atoms with Gasteiger partial charge in [0.15, 0.2) is 5.78 Å². The van der Waals surface area contributed by atoms with Crippen molar-refractivity contribution in [1.29, 1.82) is 0 Å². The Hall–Kier alpha value is -3.53. The van der Waals surface area contributed by atoms with E-state index in [0.29, 0.717) is 34.3 Å². The number of ketones is 1. The Balaban J connectivity index is 1.70. The normalized spacial score (nSPS) is 15.7. The lowest BCUT2D eigenvalue weighted by Gasteiger charge is -2.35. The van der Waals surface area contributed by atoms with E-state index in [4.69, 9.17) is 9.26 Å². The van der Waals surface area contributed by atoms with Crippen LogP contribution in [-0.4, -0.2) is 48.5 Å². The van der Waals surface area contributed by atoms with E-state index >= 15 is 0 Å². The zero-order valence-electron chi connectivity index (χ0n) is 19.5. The smallest absolute Gasteiger partial charge is 0.293 e. The van der Waals surface area contributed by atoms with Crippen molar-refractivity contribution in [2.75, 3.05) is 13.7 Å². The van der Waals surface area contributed by atoms with Crippen molar-refractivity contribution in [3.05, 3.63) is 75.2 Å². The van der Waals surface area contributed by atoms with Crippen LogP contribution >= 0.6 is 0 Å². The zero-order chi connectivity index (χ0) is 24.6. The molecule has 0 unspecified atom stereocenters. The van der Waals surface area contributed by atoms with E-state index < -0.39 is 25.6 Å². The van der Waals surface area contributed by atoms with Gasteiger partial charge < -0.3 is 14.2 Å². The molecular weight excluding hydrogens is 457 g/mol. The van der Waals surface area contributed by atoms with Gasteiger partial charge >= 0.3 is 0 Å². The lowest BCUT2D eigenvalue weighted by molar-refractivity contribution is -0.123. The maximum absolute atomic E-state index is 14.8. The van der Waals surface area contributed by atoms with Gasteiger partial charge in [-0.15, -0.1) is 0 Å². The van der Waals surface area contributed by atoms with Crippen LogP contribution in [-0.2, 0) is 17.6 Å². The molecule has 3 heterocycles. The second-order valence-electron chi connectivity index (χ2n) is 9.32. The summed E-state index contributed by atoms with van der Waals surface area (Å²) < 4.78 is 25.0. The molecule has 34 heavy (non-hydrogen) atoms. The number of nitrogens with zero attached hydrogens (tertiary/aromatic N) is 2. The number of aromatic nitrogens is 2. The number of methoxy groups -OCH3 is 1. The first-order valence-corrected chi connectivity index (χ1v) is 14.4. The van der Waals surface area contributed by atoms with Crippen LogP contribution in [0, 0.1) is 5.82 Å². The summed E-state index contributed by atoms with van der Waals surface area (Å²) in [4.78, 5) is 44.0. The number of amides is 1. The topological polar surface area (TPSA) is 106 Å². The fourth-order valence-electron chi connectivity index (χ4n) is 4.25. The summed E-state index contributed by atoms with van der Waals surface area (Å²) in [6.45, 7) is 6.36. The third-order valence-electron chi connectivity index (χ3n) is 5.91. The number of pyridine rings is 1. The predicted molar refractivity (Wildman–Crippen MR) is 126 cm³/mol. The third kappa shape index (κ3) is 4.58. The van der Waals surface area contributed by atoms with Gasteiger partial charge in [0.2, 0.25) is 11.6 Å². The van der Waals surface area contributed by atoms with Crippen LogP contribution in [0.25, 0.3) is 0 Å². The Morgan fingerprint density at radius 1 is 1.24 bits per heavy atom. The van der Waals surface area contributed by atoms with Crippen molar-refractivity contribution in [2.24, 2.45) is 0 Å². The number of carbonyl (C=O) groups excluding carboxylic acids is 2. The summed E-state index contributed by atoms with van der Waals surface area (Å²) >= 11 is 0. The number of H-pyrrole nitrogens is 1. The van der Waals surface area contributed by atoms with Gasteiger partial charge in [0.25, 0.3) is 11.5 Å². The number of ether oxygens (including phenoxy) is 1. The van der Waals surface area contributed by atoms with Crippen LogP contribution in [0.15, 0.2) is 45.7 Å². The summed E-state index contributed by atoms with van der Waals surface area (Å²) in [5.74, 6) is -0.969. The monoisotopic (exact) mass is 483 g/mol. The number of rotatable bonds is 6. The molecule has 3 aromatic rings. The molecule has 10 heteroatoms. The molecule has 0 saturated carbocycles. The number of halogens is 1. The van der Waals surface area contributed by atoms with Crippen molar-refractivity contribution < 1.29 is 23.2 Å². The first-order chi connectivity index (χ1) is 16.1. The SMILES string of the molecule is COc1ccc2c(n1)CCN(C(=O)c1cc(=O)[nH]o1)[C@H]2C(=O)Cc1ccc([Si](C)(C)C)c(F)c1. The maximum atomic E-state index is 14.8. The average molecular weight is 484 g/mol. The largest absolute Gasteiger partial charge is 0.481 e. The minimum Gasteiger partial charge on any atom is -0.481 e. The van der Waals surface area contributed by atoms with E-state index in [9.17, 15) is 18.8 Å². The van der Waals surface area contributed by atoms with E-state index in [-0.39, 0.29) is 30.3 Å². The fourth-order valence-corrected chi connectivity index (χ4v) is 5.62. The van der Waals surface area contributed by atoms with Gasteiger partial charge in [-0.2, -0.15) is 5.16 Å². The van der Waals surface area contributed by atoms with Crippen LogP contribution in [0.2, 0.25) is 19.6 Å². The van der Waals surface area contributed by atoms with Crippen LogP contribution in [0.1, 0.15) is 33.4 Å². The molecule has 1 amide bonds. The first kappa shape index (κ1) is 23.6. The molecule has 0 radical (unpaired) electrons. The van der Waals surface area contributed by atoms with Crippen molar-refractivity contribution in [2.45, 2.75) is 38.5 Å². The number of fused-ring (bicyclic) bond motifs is 1. The number of benzene rings is 1. The van der Waals surface area contributed by atoms with E-state index in [1.165, 1.54) is 18.1 Å². The molecule has 4 rings (SSSR count). The first-order valence-electron chi connectivity index (χ1n) is 10.9. The molecule has 178 valence electrons. The van der Waals surface area contributed by atoms with Gasteiger partial charge in [-0.25, -0.2) is 9.37 Å². The Labute approximate surface area is 196 Å². The minimum atomic E-state index is -1.86. The number of carbonyl (C=O) groups is 2. The highest BCUT2D eigenvalue weighted by Crippen LogP contribution is 2.33. The minimum absolute atomic E-state index is 0.0695. The fraction of sp³-hybridized carbons (Fsp3) is 0.333. The molecular formula is C24H26FN3O5Si. The lowest BCUT2D eigenvalue weighted by Crippen LogP contribution is -2.44. The summed E-state index contributed by atoms with van der Waals surface area (Å²) in [7, 11) is -0.360. The average Bonchev–Trinajstić information content (AvgIpc) is 3.22. The maximum Gasteiger partial charge on any atom is 0.293 e. The Bertz CT molecular complexity index is 1310. The molecule has 1 N–H and O–H groups in total. The molecule has 0 saturated heterocycles. The highest BCUT2D eigenvalue weighted by Gasteiger charge is 2.38. The summed E-state index contributed by atoms with van der Waals surface area (Å²) in [6, 6.07) is 8.35. The molecule has 0 spiro atoms. The van der Waals surface area contributed by atoms with Gasteiger partial charge in [-0.1, -0.05) is 31.8 Å². The molecule has 2 aromatic heterocycles. The van der Waals surface area contributed by atoms with E-state index in [0.717, 1.165) is 6.07 Å². The Kier molecular flexibility index (Phi) is 6.26. The molecule has 0 fully saturated rings. The Morgan fingerprint density at radius 3 is 2.62 bits per heavy atom. The van der Waals surface area contributed by atoms with Crippen molar-refractivity contribution in [3.63, 3.8) is 0 Å². The van der Waals surface area contributed by atoms with Crippen LogP contribution < -0.4 is 15.5 Å². The standard InChI is InChI=1S/C24H26FN3O5Si/c1-32-22-8-6-15-17(26-22)9-10-28(24(31)19-13-21(30)27-33-19)23(15)18(29)12-14-5-7-20(16(25)11-14)34(2,3)4/h5-8,11,13,23H,9-10,12H2,1-4H3,(H,27,30)/t23-/m1/s1. The van der Waals surface area contributed by atoms with Gasteiger partial charge in [0.1, 0.15) is 11.9 Å². The quantitative estimate of drug-likeness (QED) is 0.541. The molecule has 8 nitrogen and oxygen atoms in total. The number of hydrogen-bond acceptors (Lipinski definition) is 6. The number of Topliss-reactive ketones (excluding diaryl/α,β-unsaturated/α-hetero) is 1. The second kappa shape index (κ2) is 9.01. The molecule has 1 aliphatic heterocycles. The molecule has 1 atom stereocenters. The Morgan fingerprint density at radius 2 is 2.00 bits per heavy atom. The van der Waals surface area contributed by atoms with E-state index in [2.05, 4.69) is 29.8 Å². The molecule has 0 bridgehead atoms. The summed E-state index contributed by atoms with van der Waals surface area (Å²) in [5, 5.41) is 2.80. The zero-order valence-corrected chi connectivity index (χ0v) is 20.5. The predicted octanol–water partition coefficient (Wildman–Crippen LogP) is 2.61. The van der Waals surface area contributed by atoms with E-state index in [1.807, 2.05) is 0 Å². The number of hydrogen-bond donors (Lipinski definition) is 1. The van der Waals surface area contributed by atoms with Crippen LogP contribution in [0.5, 0.6) is 5.88 Å². The van der Waals surface area contributed by atoms with Crippen LogP contribution in [0.3, 0.4) is 0 Å². The molecule has 1 aromatic carbocycles. The van der Waals surface area contributed by atoms with Crippen LogP contribution in [0.4, 0.5) is 4.39 Å². The summed E-state index contributed by atoms with van der Waals surface area (Å²) in [5.41, 5.74) is 1.20. The number of aromatic amines is 1. The third-order valence-corrected chi connectivity index (χ3v) is 7.93. The van der Waals surface area contributed by atoms with Crippen molar-refractivity contribution in [3.8, 4) is 5.88 Å². The highest BCUT2D eigenvalue weighted by atomic mass is 28.3.